The van der Waals surface area contributed by atoms with Gasteiger partial charge in [0, 0.05) is 28.0 Å². The number of amides is 1. The minimum absolute atomic E-state index is 0.182. The van der Waals surface area contributed by atoms with Crippen LogP contribution in [-0.4, -0.2) is 10.9 Å². The molecule has 3 aromatic rings. The smallest absolute Gasteiger partial charge is 0.256 e. The van der Waals surface area contributed by atoms with E-state index < -0.39 is 0 Å². The second kappa shape index (κ2) is 5.93. The van der Waals surface area contributed by atoms with Gasteiger partial charge < -0.3 is 11.1 Å². The van der Waals surface area contributed by atoms with Crippen molar-refractivity contribution in [1.82, 2.24) is 4.98 Å². The maximum absolute atomic E-state index is 12.5. The summed E-state index contributed by atoms with van der Waals surface area (Å²) in [6.07, 6.45) is 1.67. The van der Waals surface area contributed by atoms with E-state index in [9.17, 15) is 4.79 Å². The summed E-state index contributed by atoms with van der Waals surface area (Å²) < 4.78 is 0. The van der Waals surface area contributed by atoms with Crippen molar-refractivity contribution in [3.05, 3.63) is 71.9 Å². The van der Waals surface area contributed by atoms with Gasteiger partial charge in [0.25, 0.3) is 5.91 Å². The van der Waals surface area contributed by atoms with Crippen LogP contribution in [0.5, 0.6) is 0 Å². The van der Waals surface area contributed by atoms with Crippen molar-refractivity contribution < 1.29 is 4.79 Å². The SMILES string of the molecule is C=Cc1ccccc1C(=O)Nc1ccc2nc(C)cc(N)c2c1. The lowest BCUT2D eigenvalue weighted by molar-refractivity contribution is 0.102. The molecule has 0 aliphatic carbocycles. The quantitative estimate of drug-likeness (QED) is 0.768. The number of hydrogen-bond donors (Lipinski definition) is 2. The summed E-state index contributed by atoms with van der Waals surface area (Å²) in [5.74, 6) is -0.182. The third-order valence-corrected chi connectivity index (χ3v) is 3.65. The van der Waals surface area contributed by atoms with Gasteiger partial charge in [-0.1, -0.05) is 30.9 Å². The minimum Gasteiger partial charge on any atom is -0.398 e. The van der Waals surface area contributed by atoms with Crippen LogP contribution in [0.4, 0.5) is 11.4 Å². The molecule has 0 unspecified atom stereocenters. The molecule has 4 heteroatoms. The Kier molecular flexibility index (Phi) is 3.81. The van der Waals surface area contributed by atoms with Gasteiger partial charge in [-0.05, 0) is 42.8 Å². The van der Waals surface area contributed by atoms with Crippen LogP contribution in [0.2, 0.25) is 0 Å². The van der Waals surface area contributed by atoms with Gasteiger partial charge in [0.2, 0.25) is 0 Å². The molecule has 0 saturated carbocycles. The van der Waals surface area contributed by atoms with Crippen molar-refractivity contribution in [2.75, 3.05) is 11.1 Å². The molecule has 0 saturated heterocycles. The number of rotatable bonds is 3. The molecule has 3 rings (SSSR count). The molecule has 0 spiro atoms. The monoisotopic (exact) mass is 303 g/mol. The molecule has 23 heavy (non-hydrogen) atoms. The number of carbonyl (C=O) groups excluding carboxylic acids is 1. The molecule has 0 bridgehead atoms. The number of fused-ring (bicyclic) bond motifs is 1. The molecule has 3 N–H and O–H groups in total. The lowest BCUT2D eigenvalue weighted by Gasteiger charge is -2.10. The van der Waals surface area contributed by atoms with Crippen LogP contribution in [0.25, 0.3) is 17.0 Å². The summed E-state index contributed by atoms with van der Waals surface area (Å²) in [5, 5.41) is 3.72. The van der Waals surface area contributed by atoms with Gasteiger partial charge in [-0.25, -0.2) is 0 Å². The Morgan fingerprint density at radius 1 is 1.22 bits per heavy atom. The van der Waals surface area contributed by atoms with Gasteiger partial charge in [0.15, 0.2) is 0 Å². The van der Waals surface area contributed by atoms with Gasteiger partial charge in [0.1, 0.15) is 0 Å². The number of pyridine rings is 1. The number of benzene rings is 2. The van der Waals surface area contributed by atoms with E-state index in [2.05, 4.69) is 16.9 Å². The number of hydrogen-bond acceptors (Lipinski definition) is 3. The first-order valence-electron chi connectivity index (χ1n) is 7.28. The summed E-state index contributed by atoms with van der Waals surface area (Å²) in [7, 11) is 0. The van der Waals surface area contributed by atoms with E-state index in [4.69, 9.17) is 5.73 Å². The first kappa shape index (κ1) is 14.8. The lowest BCUT2D eigenvalue weighted by atomic mass is 10.1. The highest BCUT2D eigenvalue weighted by Gasteiger charge is 2.10. The molecule has 0 fully saturated rings. The maximum Gasteiger partial charge on any atom is 0.256 e. The minimum atomic E-state index is -0.182. The van der Waals surface area contributed by atoms with E-state index in [1.165, 1.54) is 0 Å². The normalized spacial score (nSPS) is 10.5. The van der Waals surface area contributed by atoms with Crippen LogP contribution in [0, 0.1) is 6.92 Å². The molecule has 2 aromatic carbocycles. The molecule has 4 nitrogen and oxygen atoms in total. The number of nitrogen functional groups attached to an aromatic ring is 1. The number of nitrogens with two attached hydrogens (primary N) is 1. The van der Waals surface area contributed by atoms with Gasteiger partial charge in [-0.3, -0.25) is 9.78 Å². The zero-order chi connectivity index (χ0) is 16.4. The second-order valence-corrected chi connectivity index (χ2v) is 5.33. The largest absolute Gasteiger partial charge is 0.398 e. The summed E-state index contributed by atoms with van der Waals surface area (Å²) in [6, 6.07) is 14.7. The Balaban J connectivity index is 1.95. The average molecular weight is 303 g/mol. The standard InChI is InChI=1S/C19H17N3O/c1-3-13-6-4-5-7-15(13)19(23)22-14-8-9-18-16(11-14)17(20)10-12(2)21-18/h3-11H,1H2,2H3,(H2,20,21)(H,22,23). The highest BCUT2D eigenvalue weighted by atomic mass is 16.1. The van der Waals surface area contributed by atoms with Crippen molar-refractivity contribution in [2.45, 2.75) is 6.92 Å². The predicted octanol–water partition coefficient (Wildman–Crippen LogP) is 4.02. The fraction of sp³-hybridized carbons (Fsp3) is 0.0526. The maximum atomic E-state index is 12.5. The highest BCUT2D eigenvalue weighted by molar-refractivity contribution is 6.07. The Morgan fingerprint density at radius 3 is 2.78 bits per heavy atom. The summed E-state index contributed by atoms with van der Waals surface area (Å²) >= 11 is 0. The van der Waals surface area contributed by atoms with E-state index in [-0.39, 0.29) is 5.91 Å². The van der Waals surface area contributed by atoms with E-state index in [0.717, 1.165) is 22.2 Å². The summed E-state index contributed by atoms with van der Waals surface area (Å²) in [4.78, 5) is 16.9. The van der Waals surface area contributed by atoms with Crippen LogP contribution < -0.4 is 11.1 Å². The van der Waals surface area contributed by atoms with Gasteiger partial charge in [0.05, 0.1) is 5.52 Å². The zero-order valence-electron chi connectivity index (χ0n) is 12.8. The average Bonchev–Trinajstić information content (AvgIpc) is 2.55. The molecule has 1 aromatic heterocycles. The highest BCUT2D eigenvalue weighted by Crippen LogP contribution is 2.24. The summed E-state index contributed by atoms with van der Waals surface area (Å²) in [6.45, 7) is 5.64. The molecular formula is C19H17N3O. The third-order valence-electron chi connectivity index (χ3n) is 3.65. The fourth-order valence-electron chi connectivity index (χ4n) is 2.55. The van der Waals surface area contributed by atoms with Crippen LogP contribution in [0.1, 0.15) is 21.6 Å². The Labute approximate surface area is 134 Å². The number of anilines is 2. The Bertz CT molecular complexity index is 916. The van der Waals surface area contributed by atoms with Gasteiger partial charge >= 0.3 is 0 Å². The van der Waals surface area contributed by atoms with Crippen LogP contribution in [-0.2, 0) is 0 Å². The molecule has 0 radical (unpaired) electrons. The van der Waals surface area contributed by atoms with Crippen molar-refractivity contribution >= 4 is 34.3 Å². The Morgan fingerprint density at radius 2 is 2.00 bits per heavy atom. The number of nitrogens with zero attached hydrogens (tertiary/aromatic N) is 1. The fourth-order valence-corrected chi connectivity index (χ4v) is 2.55. The summed E-state index contributed by atoms with van der Waals surface area (Å²) in [5.41, 5.74) is 10.4. The molecule has 1 amide bonds. The van der Waals surface area contributed by atoms with Gasteiger partial charge in [-0.15, -0.1) is 0 Å². The van der Waals surface area contributed by atoms with E-state index >= 15 is 0 Å². The zero-order valence-corrected chi connectivity index (χ0v) is 12.8. The molecule has 114 valence electrons. The van der Waals surface area contributed by atoms with Crippen LogP contribution in [0.3, 0.4) is 0 Å². The number of aromatic nitrogens is 1. The van der Waals surface area contributed by atoms with Gasteiger partial charge in [-0.2, -0.15) is 0 Å². The van der Waals surface area contributed by atoms with E-state index in [1.54, 1.807) is 12.1 Å². The topological polar surface area (TPSA) is 68.0 Å². The van der Waals surface area contributed by atoms with E-state index in [0.29, 0.717) is 16.9 Å². The lowest BCUT2D eigenvalue weighted by Crippen LogP contribution is -2.13. The second-order valence-electron chi connectivity index (χ2n) is 5.33. The van der Waals surface area contributed by atoms with E-state index in [1.807, 2.05) is 49.4 Å². The number of carbonyl (C=O) groups is 1. The van der Waals surface area contributed by atoms with Crippen molar-refractivity contribution in [3.63, 3.8) is 0 Å². The van der Waals surface area contributed by atoms with Crippen molar-refractivity contribution in [3.8, 4) is 0 Å². The molecule has 0 atom stereocenters. The first-order valence-corrected chi connectivity index (χ1v) is 7.28. The molecule has 0 aliphatic rings. The van der Waals surface area contributed by atoms with Crippen molar-refractivity contribution in [2.24, 2.45) is 0 Å². The number of nitrogens with one attached hydrogen (secondary N) is 1. The van der Waals surface area contributed by atoms with Crippen LogP contribution >= 0.6 is 0 Å². The first-order chi connectivity index (χ1) is 11.1. The number of aryl methyl sites for hydroxylation is 1. The molecule has 0 aliphatic heterocycles. The molecular weight excluding hydrogens is 286 g/mol. The van der Waals surface area contributed by atoms with Crippen molar-refractivity contribution in [1.29, 1.82) is 0 Å². The Hall–Kier alpha value is -3.14. The third kappa shape index (κ3) is 2.92. The van der Waals surface area contributed by atoms with Crippen LogP contribution in [0.15, 0.2) is 55.1 Å². The predicted molar refractivity (Wildman–Crippen MR) is 95.4 cm³/mol. The molecule has 1 heterocycles.